The molecule has 2 aromatic rings. The van der Waals surface area contributed by atoms with Gasteiger partial charge in [-0.05, 0) is 17.7 Å². The molecule has 0 aliphatic heterocycles. The van der Waals surface area contributed by atoms with Crippen molar-refractivity contribution in [1.82, 2.24) is 15.5 Å². The highest BCUT2D eigenvalue weighted by Crippen LogP contribution is 2.13. The number of alkyl carbamates (subject to hydrolysis) is 1. The first-order valence-electron chi connectivity index (χ1n) is 5.70. The Kier molecular flexibility index (Phi) is 5.06. The second-order valence-electron chi connectivity index (χ2n) is 3.83. The molecule has 2 rings (SSSR count). The SMILES string of the molecule is O=C(NCc1nnc(S)s1)OCc1ccc([N+](=O)[O-])cc1. The largest absolute Gasteiger partial charge is 0.445 e. The van der Waals surface area contributed by atoms with Crippen molar-refractivity contribution in [2.24, 2.45) is 0 Å². The minimum atomic E-state index is -0.607. The van der Waals surface area contributed by atoms with Gasteiger partial charge in [0.2, 0.25) is 0 Å². The van der Waals surface area contributed by atoms with Crippen molar-refractivity contribution in [2.45, 2.75) is 17.5 Å². The van der Waals surface area contributed by atoms with E-state index >= 15 is 0 Å². The number of nitrogens with zero attached hydrogens (tertiary/aromatic N) is 3. The minimum Gasteiger partial charge on any atom is -0.445 e. The smallest absolute Gasteiger partial charge is 0.407 e. The van der Waals surface area contributed by atoms with E-state index in [0.717, 1.165) is 0 Å². The van der Waals surface area contributed by atoms with E-state index in [1.165, 1.54) is 35.6 Å². The molecule has 1 amide bonds. The lowest BCUT2D eigenvalue weighted by Gasteiger charge is -2.05. The Morgan fingerprint density at radius 3 is 2.67 bits per heavy atom. The van der Waals surface area contributed by atoms with Crippen LogP contribution in [-0.2, 0) is 17.9 Å². The van der Waals surface area contributed by atoms with E-state index in [2.05, 4.69) is 28.1 Å². The summed E-state index contributed by atoms with van der Waals surface area (Å²) in [6.45, 7) is 0.231. The number of amides is 1. The molecule has 21 heavy (non-hydrogen) atoms. The van der Waals surface area contributed by atoms with Gasteiger partial charge in [-0.15, -0.1) is 22.8 Å². The Labute approximate surface area is 128 Å². The highest BCUT2D eigenvalue weighted by molar-refractivity contribution is 7.82. The molecule has 0 fully saturated rings. The molecular formula is C11H10N4O4S2. The van der Waals surface area contributed by atoms with E-state index in [9.17, 15) is 14.9 Å². The highest BCUT2D eigenvalue weighted by atomic mass is 32.2. The Hall–Kier alpha value is -2.20. The van der Waals surface area contributed by atoms with E-state index in [4.69, 9.17) is 4.74 Å². The van der Waals surface area contributed by atoms with Crippen LogP contribution in [0.1, 0.15) is 10.6 Å². The number of non-ortho nitro benzene ring substituents is 1. The molecule has 0 bridgehead atoms. The summed E-state index contributed by atoms with van der Waals surface area (Å²) in [5, 5.41) is 21.1. The summed E-state index contributed by atoms with van der Waals surface area (Å²) in [7, 11) is 0. The first kappa shape index (κ1) is 15.2. The zero-order chi connectivity index (χ0) is 15.2. The minimum absolute atomic E-state index is 0.0120. The van der Waals surface area contributed by atoms with E-state index in [0.29, 0.717) is 14.9 Å². The standard InChI is InChI=1S/C11H10N4O4S2/c16-10(12-5-9-13-14-11(20)21-9)19-6-7-1-3-8(4-2-7)15(17)18/h1-4H,5-6H2,(H,12,16)(H,14,20). The third-order valence-corrected chi connectivity index (χ3v) is 3.45. The molecule has 0 unspecified atom stereocenters. The molecule has 1 N–H and O–H groups in total. The maximum Gasteiger partial charge on any atom is 0.407 e. The number of nitro groups is 1. The summed E-state index contributed by atoms with van der Waals surface area (Å²) in [6.07, 6.45) is -0.607. The maximum absolute atomic E-state index is 11.5. The van der Waals surface area contributed by atoms with Crippen LogP contribution in [0.3, 0.4) is 0 Å². The van der Waals surface area contributed by atoms with Gasteiger partial charge in [-0.25, -0.2) is 4.79 Å². The zero-order valence-electron chi connectivity index (χ0n) is 10.6. The molecule has 1 aromatic heterocycles. The number of nitro benzene ring substituents is 1. The summed E-state index contributed by atoms with van der Waals surface area (Å²) in [4.78, 5) is 21.5. The molecule has 0 atom stereocenters. The number of hydrogen-bond donors (Lipinski definition) is 2. The fraction of sp³-hybridized carbons (Fsp3) is 0.182. The van der Waals surface area contributed by atoms with E-state index in [-0.39, 0.29) is 18.8 Å². The predicted octanol–water partition coefficient (Wildman–Crippen LogP) is 2.16. The zero-order valence-corrected chi connectivity index (χ0v) is 12.3. The average Bonchev–Trinajstić information content (AvgIpc) is 2.89. The van der Waals surface area contributed by atoms with Gasteiger partial charge in [0.15, 0.2) is 4.34 Å². The van der Waals surface area contributed by atoms with Crippen LogP contribution in [0.2, 0.25) is 0 Å². The Morgan fingerprint density at radius 2 is 2.10 bits per heavy atom. The number of thiol groups is 1. The number of rotatable bonds is 5. The number of carbonyl (C=O) groups is 1. The average molecular weight is 326 g/mol. The van der Waals surface area contributed by atoms with Crippen LogP contribution in [-0.4, -0.2) is 21.2 Å². The number of ether oxygens (including phenoxy) is 1. The number of nitrogens with one attached hydrogen (secondary N) is 1. The van der Waals surface area contributed by atoms with E-state index < -0.39 is 11.0 Å². The van der Waals surface area contributed by atoms with Gasteiger partial charge < -0.3 is 10.1 Å². The molecule has 0 spiro atoms. The number of hydrogen-bond acceptors (Lipinski definition) is 8. The molecular weight excluding hydrogens is 316 g/mol. The van der Waals surface area contributed by atoms with E-state index in [1.54, 1.807) is 0 Å². The van der Waals surface area contributed by atoms with Gasteiger partial charge in [0.25, 0.3) is 5.69 Å². The second-order valence-corrected chi connectivity index (χ2v) is 5.62. The number of carbonyl (C=O) groups excluding carboxylic acids is 1. The highest BCUT2D eigenvalue weighted by Gasteiger charge is 2.07. The van der Waals surface area contributed by atoms with Gasteiger partial charge >= 0.3 is 6.09 Å². The van der Waals surface area contributed by atoms with Gasteiger partial charge in [-0.1, -0.05) is 11.3 Å². The van der Waals surface area contributed by atoms with Gasteiger partial charge in [0, 0.05) is 12.1 Å². The third kappa shape index (κ3) is 4.68. The summed E-state index contributed by atoms with van der Waals surface area (Å²) in [5.41, 5.74) is 0.645. The van der Waals surface area contributed by atoms with Crippen molar-refractivity contribution in [3.8, 4) is 0 Å². The van der Waals surface area contributed by atoms with Crippen molar-refractivity contribution in [3.63, 3.8) is 0 Å². The van der Waals surface area contributed by atoms with Crippen LogP contribution >= 0.6 is 24.0 Å². The van der Waals surface area contributed by atoms with Gasteiger partial charge in [0.1, 0.15) is 11.6 Å². The van der Waals surface area contributed by atoms with Crippen molar-refractivity contribution in [1.29, 1.82) is 0 Å². The lowest BCUT2D eigenvalue weighted by Crippen LogP contribution is -2.23. The van der Waals surface area contributed by atoms with Crippen LogP contribution in [0.15, 0.2) is 28.6 Å². The quantitative estimate of drug-likeness (QED) is 0.495. The molecule has 0 saturated carbocycles. The second kappa shape index (κ2) is 6.99. The fourth-order valence-corrected chi connectivity index (χ4v) is 2.26. The van der Waals surface area contributed by atoms with Crippen molar-refractivity contribution < 1.29 is 14.5 Å². The summed E-state index contributed by atoms with van der Waals surface area (Å²) >= 11 is 5.27. The summed E-state index contributed by atoms with van der Waals surface area (Å²) in [6, 6.07) is 5.77. The van der Waals surface area contributed by atoms with Crippen molar-refractivity contribution >= 4 is 35.7 Å². The first-order valence-corrected chi connectivity index (χ1v) is 6.96. The van der Waals surface area contributed by atoms with Crippen LogP contribution in [0, 0.1) is 10.1 Å². The number of aromatic nitrogens is 2. The predicted molar refractivity (Wildman–Crippen MR) is 77.3 cm³/mol. The molecule has 110 valence electrons. The monoisotopic (exact) mass is 326 g/mol. The Bertz CT molecular complexity index is 644. The molecule has 10 heteroatoms. The Morgan fingerprint density at radius 1 is 1.38 bits per heavy atom. The first-order chi connectivity index (χ1) is 10.0. The topological polar surface area (TPSA) is 107 Å². The van der Waals surface area contributed by atoms with E-state index in [1.807, 2.05) is 0 Å². The maximum atomic E-state index is 11.5. The molecule has 0 radical (unpaired) electrons. The molecule has 0 saturated heterocycles. The van der Waals surface area contributed by atoms with Gasteiger partial charge in [-0.2, -0.15) is 0 Å². The lowest BCUT2D eigenvalue weighted by molar-refractivity contribution is -0.384. The van der Waals surface area contributed by atoms with Crippen LogP contribution in [0.4, 0.5) is 10.5 Å². The fourth-order valence-electron chi connectivity index (χ4n) is 1.38. The normalized spacial score (nSPS) is 10.1. The lowest BCUT2D eigenvalue weighted by atomic mass is 10.2. The molecule has 0 aliphatic carbocycles. The van der Waals surface area contributed by atoms with Crippen LogP contribution < -0.4 is 5.32 Å². The molecule has 0 aliphatic rings. The van der Waals surface area contributed by atoms with Crippen LogP contribution in [0.5, 0.6) is 0 Å². The Balaban J connectivity index is 1.77. The summed E-state index contributed by atoms with van der Waals surface area (Å²) in [5.74, 6) is 0. The molecule has 8 nitrogen and oxygen atoms in total. The van der Waals surface area contributed by atoms with Crippen LogP contribution in [0.25, 0.3) is 0 Å². The van der Waals surface area contributed by atoms with Gasteiger partial charge in [0.05, 0.1) is 11.5 Å². The van der Waals surface area contributed by atoms with Crippen molar-refractivity contribution in [2.75, 3.05) is 0 Å². The molecule has 1 heterocycles. The molecule has 1 aromatic carbocycles. The summed E-state index contributed by atoms with van der Waals surface area (Å²) < 4.78 is 5.49. The third-order valence-electron chi connectivity index (χ3n) is 2.36. The van der Waals surface area contributed by atoms with Gasteiger partial charge in [-0.3, -0.25) is 10.1 Å². The number of benzene rings is 1. The van der Waals surface area contributed by atoms with Crippen molar-refractivity contribution in [3.05, 3.63) is 45.0 Å².